The topological polar surface area (TPSA) is 61.7 Å². The summed E-state index contributed by atoms with van der Waals surface area (Å²) < 4.78 is 0. The molecule has 1 unspecified atom stereocenters. The summed E-state index contributed by atoms with van der Waals surface area (Å²) in [7, 11) is 0. The molecular weight excluding hydrogens is 192 g/mol. The highest BCUT2D eigenvalue weighted by molar-refractivity contribution is 6.30. The molecule has 0 aliphatic carbocycles. The number of nitrogens with one attached hydrogen (secondary N) is 1. The van der Waals surface area contributed by atoms with E-state index in [-0.39, 0.29) is 6.61 Å². The molecule has 0 aromatic heterocycles. The summed E-state index contributed by atoms with van der Waals surface area (Å²) in [5.74, 6) is 0. The number of hydrogen-bond acceptors (Lipinski definition) is 4. The average Bonchev–Trinajstić information content (AvgIpc) is 2.75. The van der Waals surface area contributed by atoms with Crippen LogP contribution in [0.25, 0.3) is 0 Å². The molecule has 1 aromatic carbocycles. The van der Waals surface area contributed by atoms with Crippen molar-refractivity contribution in [3.63, 3.8) is 0 Å². The Bertz CT molecular complexity index is 389. The van der Waals surface area contributed by atoms with Gasteiger partial charge in [-0.25, -0.2) is 0 Å². The van der Waals surface area contributed by atoms with Crippen molar-refractivity contribution < 1.29 is 9.90 Å². The number of aliphatic hydroxyl groups excluding tert-OH is 1. The second kappa shape index (κ2) is 3.92. The van der Waals surface area contributed by atoms with Crippen LogP contribution in [0.4, 0.5) is 0 Å². The molecule has 0 amide bonds. The molecule has 1 aromatic rings. The predicted molar refractivity (Wildman–Crippen MR) is 56.7 cm³/mol. The summed E-state index contributed by atoms with van der Waals surface area (Å²) in [6.45, 7) is 0.243. The lowest BCUT2D eigenvalue weighted by atomic mass is 10.0. The normalized spacial score (nSPS) is 25.0. The van der Waals surface area contributed by atoms with Crippen molar-refractivity contribution in [2.45, 2.75) is 5.66 Å². The van der Waals surface area contributed by atoms with Crippen molar-refractivity contribution in [1.82, 2.24) is 5.32 Å². The molecule has 1 heterocycles. The van der Waals surface area contributed by atoms with Gasteiger partial charge in [0.05, 0.1) is 12.3 Å². The van der Waals surface area contributed by atoms with Gasteiger partial charge in [-0.15, -0.1) is 0 Å². The molecule has 0 radical (unpaired) electrons. The number of aliphatic hydroxyl groups is 1. The Hall–Kier alpha value is -1.52. The minimum absolute atomic E-state index is 0.158. The molecule has 0 saturated carbocycles. The number of rotatable bonds is 3. The van der Waals surface area contributed by atoms with Crippen LogP contribution in [0.2, 0.25) is 0 Å². The first-order chi connectivity index (χ1) is 7.30. The number of hydrogen-bond donors (Lipinski definition) is 2. The Labute approximate surface area is 87.7 Å². The number of benzene rings is 1. The van der Waals surface area contributed by atoms with Crippen LogP contribution in [-0.4, -0.2) is 30.3 Å². The maximum Gasteiger partial charge on any atom is 0.165 e. The maximum atomic E-state index is 10.6. The molecule has 1 atom stereocenters. The van der Waals surface area contributed by atoms with Crippen LogP contribution in [0, 0.1) is 0 Å². The molecule has 0 spiro atoms. The van der Waals surface area contributed by atoms with Crippen molar-refractivity contribution in [3.8, 4) is 0 Å². The van der Waals surface area contributed by atoms with E-state index in [9.17, 15) is 9.90 Å². The Balaban J connectivity index is 2.40. The number of carbonyl (C=O) groups is 1. The minimum Gasteiger partial charge on any atom is -0.392 e. The first kappa shape index (κ1) is 10.0. The average molecular weight is 204 g/mol. The van der Waals surface area contributed by atoms with Crippen LogP contribution in [-0.2, 0) is 10.5 Å². The Morgan fingerprint density at radius 2 is 2.20 bits per heavy atom. The zero-order valence-electron chi connectivity index (χ0n) is 8.18. The van der Waals surface area contributed by atoms with Gasteiger partial charge in [-0.1, -0.05) is 30.3 Å². The quantitative estimate of drug-likeness (QED) is 0.685. The van der Waals surface area contributed by atoms with Gasteiger partial charge in [0.15, 0.2) is 11.9 Å². The summed E-state index contributed by atoms with van der Waals surface area (Å²) >= 11 is 0. The smallest absolute Gasteiger partial charge is 0.165 e. The molecule has 4 heteroatoms. The molecule has 1 aliphatic rings. The molecule has 1 aliphatic heterocycles. The Kier molecular flexibility index (Phi) is 2.62. The van der Waals surface area contributed by atoms with Gasteiger partial charge in [0, 0.05) is 6.54 Å². The van der Waals surface area contributed by atoms with Gasteiger partial charge in [0.2, 0.25) is 0 Å². The highest BCUT2D eigenvalue weighted by atomic mass is 16.3. The molecule has 0 fully saturated rings. The van der Waals surface area contributed by atoms with Crippen molar-refractivity contribution in [3.05, 3.63) is 35.9 Å². The van der Waals surface area contributed by atoms with Gasteiger partial charge in [0.1, 0.15) is 0 Å². The van der Waals surface area contributed by atoms with E-state index in [1.165, 1.54) is 0 Å². The van der Waals surface area contributed by atoms with Gasteiger partial charge in [-0.2, -0.15) is 0 Å². The van der Waals surface area contributed by atoms with E-state index in [0.29, 0.717) is 18.5 Å². The zero-order chi connectivity index (χ0) is 10.7. The van der Waals surface area contributed by atoms with Crippen LogP contribution in [0.5, 0.6) is 0 Å². The first-order valence-electron chi connectivity index (χ1n) is 4.76. The van der Waals surface area contributed by atoms with Crippen LogP contribution in [0.3, 0.4) is 0 Å². The van der Waals surface area contributed by atoms with E-state index in [1.54, 1.807) is 0 Å². The molecule has 2 N–H and O–H groups in total. The highest BCUT2D eigenvalue weighted by Crippen LogP contribution is 2.25. The van der Waals surface area contributed by atoms with E-state index in [1.807, 2.05) is 30.3 Å². The summed E-state index contributed by atoms with van der Waals surface area (Å²) in [5, 5.41) is 12.4. The number of carbonyl (C=O) groups excluding carboxylic acids is 1. The van der Waals surface area contributed by atoms with E-state index in [4.69, 9.17) is 0 Å². The standard InChI is InChI=1S/C11H12N2O2/c14-7-10-6-12-11(8-15,13-10)9-4-2-1-3-5-9/h1-5,7,12,15H,6,8H2. The SMILES string of the molecule is O=CC1=NC(CO)(c2ccccc2)NC1. The molecule has 0 saturated heterocycles. The highest BCUT2D eigenvalue weighted by Gasteiger charge is 2.35. The van der Waals surface area contributed by atoms with Gasteiger partial charge in [0.25, 0.3) is 0 Å². The van der Waals surface area contributed by atoms with Crippen molar-refractivity contribution in [1.29, 1.82) is 0 Å². The largest absolute Gasteiger partial charge is 0.392 e. The number of nitrogens with zero attached hydrogens (tertiary/aromatic N) is 1. The zero-order valence-corrected chi connectivity index (χ0v) is 8.18. The van der Waals surface area contributed by atoms with Crippen LogP contribution in [0.15, 0.2) is 35.3 Å². The van der Waals surface area contributed by atoms with Gasteiger partial charge in [-0.3, -0.25) is 15.1 Å². The second-order valence-electron chi connectivity index (χ2n) is 3.46. The monoisotopic (exact) mass is 204 g/mol. The van der Waals surface area contributed by atoms with E-state index in [0.717, 1.165) is 5.56 Å². The molecule has 4 nitrogen and oxygen atoms in total. The lowest BCUT2D eigenvalue weighted by Crippen LogP contribution is -2.40. The van der Waals surface area contributed by atoms with Crippen molar-refractivity contribution in [2.75, 3.05) is 13.2 Å². The Morgan fingerprint density at radius 1 is 1.47 bits per heavy atom. The third-order valence-corrected chi connectivity index (χ3v) is 2.51. The molecule has 78 valence electrons. The fourth-order valence-corrected chi connectivity index (χ4v) is 1.69. The molecule has 0 bridgehead atoms. The molecular formula is C11H12N2O2. The fraction of sp³-hybridized carbons (Fsp3) is 0.273. The summed E-state index contributed by atoms with van der Waals surface area (Å²) in [6.07, 6.45) is 0.716. The van der Waals surface area contributed by atoms with Crippen LogP contribution in [0.1, 0.15) is 5.56 Å². The van der Waals surface area contributed by atoms with Crippen LogP contribution >= 0.6 is 0 Å². The summed E-state index contributed by atoms with van der Waals surface area (Å²) in [5.41, 5.74) is 0.467. The lowest BCUT2D eigenvalue weighted by Gasteiger charge is -2.24. The van der Waals surface area contributed by atoms with Gasteiger partial charge in [-0.05, 0) is 5.56 Å². The minimum atomic E-state index is -0.836. The third kappa shape index (κ3) is 1.69. The Morgan fingerprint density at radius 3 is 2.73 bits per heavy atom. The third-order valence-electron chi connectivity index (χ3n) is 2.51. The van der Waals surface area contributed by atoms with Crippen molar-refractivity contribution in [2.24, 2.45) is 4.99 Å². The molecule has 15 heavy (non-hydrogen) atoms. The van der Waals surface area contributed by atoms with Gasteiger partial charge >= 0.3 is 0 Å². The summed E-state index contributed by atoms with van der Waals surface area (Å²) in [6, 6.07) is 9.40. The van der Waals surface area contributed by atoms with E-state index >= 15 is 0 Å². The van der Waals surface area contributed by atoms with Crippen molar-refractivity contribution >= 4 is 12.0 Å². The second-order valence-corrected chi connectivity index (χ2v) is 3.46. The van der Waals surface area contributed by atoms with E-state index in [2.05, 4.69) is 10.3 Å². The predicted octanol–water partition coefficient (Wildman–Crippen LogP) is 0.0748. The fourth-order valence-electron chi connectivity index (χ4n) is 1.69. The molecule has 2 rings (SSSR count). The summed E-state index contributed by atoms with van der Waals surface area (Å²) in [4.78, 5) is 14.8. The lowest BCUT2D eigenvalue weighted by molar-refractivity contribution is -0.102. The van der Waals surface area contributed by atoms with E-state index < -0.39 is 5.66 Å². The first-order valence-corrected chi connectivity index (χ1v) is 4.76. The van der Waals surface area contributed by atoms with Crippen LogP contribution < -0.4 is 5.32 Å². The number of aliphatic imine (C=N–C) groups is 1. The maximum absolute atomic E-state index is 10.6. The number of aldehydes is 1. The van der Waals surface area contributed by atoms with Gasteiger partial charge < -0.3 is 5.11 Å².